The van der Waals surface area contributed by atoms with Gasteiger partial charge in [-0.2, -0.15) is 0 Å². The third-order valence-electron chi connectivity index (χ3n) is 6.18. The van der Waals surface area contributed by atoms with Gasteiger partial charge in [-0.15, -0.1) is 0 Å². The molecule has 3 saturated heterocycles. The predicted molar refractivity (Wildman–Crippen MR) is 98.5 cm³/mol. The van der Waals surface area contributed by atoms with Gasteiger partial charge in [0.05, 0.1) is 19.8 Å². The molecule has 0 saturated carbocycles. The quantitative estimate of drug-likeness (QED) is 0.774. The number of hydrogen-bond donors (Lipinski definition) is 0. The molecule has 1 amide bonds. The van der Waals surface area contributed by atoms with Gasteiger partial charge in [-0.25, -0.2) is 4.39 Å². The molecule has 1 atom stereocenters. The molecule has 0 bridgehead atoms. The van der Waals surface area contributed by atoms with E-state index in [0.29, 0.717) is 32.9 Å². The van der Waals surface area contributed by atoms with Gasteiger partial charge in [0, 0.05) is 52.7 Å². The second-order valence-electron chi connectivity index (χ2n) is 7.65. The Balaban J connectivity index is 1.51. The Kier molecular flexibility index (Phi) is 5.45. The maximum atomic E-state index is 13.3. The van der Waals surface area contributed by atoms with Crippen LogP contribution in [0.3, 0.4) is 0 Å². The fraction of sp³-hybridized carbons (Fsp3) is 0.650. The van der Waals surface area contributed by atoms with Crippen molar-refractivity contribution in [1.82, 2.24) is 14.7 Å². The molecule has 3 fully saturated rings. The summed E-state index contributed by atoms with van der Waals surface area (Å²) in [6, 6.07) is 6.52. The number of piperazine rings is 1. The van der Waals surface area contributed by atoms with Crippen LogP contribution in [0.15, 0.2) is 24.3 Å². The molecule has 0 N–H and O–H groups in total. The van der Waals surface area contributed by atoms with Gasteiger partial charge in [0.1, 0.15) is 17.5 Å². The van der Waals surface area contributed by atoms with Crippen LogP contribution < -0.4 is 0 Å². The molecule has 27 heavy (non-hydrogen) atoms. The van der Waals surface area contributed by atoms with Gasteiger partial charge >= 0.3 is 0 Å². The lowest BCUT2D eigenvalue weighted by atomic mass is 9.96. The summed E-state index contributed by atoms with van der Waals surface area (Å²) in [6.45, 7) is 5.78. The molecule has 0 unspecified atom stereocenters. The zero-order chi connectivity index (χ0) is 18.9. The summed E-state index contributed by atoms with van der Waals surface area (Å²) in [6.07, 6.45) is 1.72. The first-order valence-corrected chi connectivity index (χ1v) is 9.76. The van der Waals surface area contributed by atoms with Gasteiger partial charge in [0.15, 0.2) is 0 Å². The molecule has 4 rings (SSSR count). The number of ether oxygens (including phenoxy) is 2. The highest BCUT2D eigenvalue weighted by atomic mass is 19.1. The van der Waals surface area contributed by atoms with Crippen molar-refractivity contribution in [1.29, 1.82) is 0 Å². The van der Waals surface area contributed by atoms with E-state index in [0.717, 1.165) is 38.0 Å². The fourth-order valence-electron chi connectivity index (χ4n) is 4.84. The Morgan fingerprint density at radius 1 is 1.22 bits per heavy atom. The molecular formula is C20H28FN3O3. The van der Waals surface area contributed by atoms with E-state index < -0.39 is 0 Å². The highest BCUT2D eigenvalue weighted by Gasteiger charge is 2.57. The third kappa shape index (κ3) is 3.49. The van der Waals surface area contributed by atoms with Crippen molar-refractivity contribution in [3.05, 3.63) is 35.6 Å². The largest absolute Gasteiger partial charge is 0.383 e. The Hall–Kier alpha value is -1.54. The lowest BCUT2D eigenvalue weighted by Crippen LogP contribution is -2.62. The van der Waals surface area contributed by atoms with Crippen LogP contribution in [0.1, 0.15) is 18.4 Å². The smallest absolute Gasteiger partial charge is 0.242 e. The number of rotatable bonds is 5. The summed E-state index contributed by atoms with van der Waals surface area (Å²) in [5.74, 6) is -0.0115. The number of fused-ring (bicyclic) bond motifs is 2. The molecule has 0 aromatic heterocycles. The lowest BCUT2D eigenvalue weighted by molar-refractivity contribution is -0.137. The third-order valence-corrected chi connectivity index (χ3v) is 6.18. The van der Waals surface area contributed by atoms with Crippen LogP contribution in [-0.4, -0.2) is 85.4 Å². The molecule has 1 aromatic carbocycles. The van der Waals surface area contributed by atoms with Crippen LogP contribution in [0.4, 0.5) is 4.39 Å². The maximum Gasteiger partial charge on any atom is 0.242 e. The van der Waals surface area contributed by atoms with Gasteiger partial charge in [-0.1, -0.05) is 12.1 Å². The van der Waals surface area contributed by atoms with E-state index in [1.165, 1.54) is 12.1 Å². The van der Waals surface area contributed by atoms with E-state index in [9.17, 15) is 9.18 Å². The van der Waals surface area contributed by atoms with Crippen molar-refractivity contribution < 1.29 is 18.7 Å². The van der Waals surface area contributed by atoms with Crippen molar-refractivity contribution in [2.45, 2.75) is 31.1 Å². The van der Waals surface area contributed by atoms with E-state index in [1.54, 1.807) is 7.11 Å². The van der Waals surface area contributed by atoms with Gasteiger partial charge < -0.3 is 14.4 Å². The minimum Gasteiger partial charge on any atom is -0.383 e. The van der Waals surface area contributed by atoms with Crippen LogP contribution in [0, 0.1) is 5.82 Å². The number of nitrogens with zero attached hydrogens (tertiary/aromatic N) is 3. The minimum absolute atomic E-state index is 0.117. The lowest BCUT2D eigenvalue weighted by Gasteiger charge is -2.49. The number of benzene rings is 1. The molecule has 1 aromatic rings. The summed E-state index contributed by atoms with van der Waals surface area (Å²) in [5.41, 5.74) is 0.854. The van der Waals surface area contributed by atoms with Gasteiger partial charge in [-0.3, -0.25) is 14.6 Å². The molecular weight excluding hydrogens is 349 g/mol. The van der Waals surface area contributed by atoms with E-state index in [1.807, 2.05) is 17.0 Å². The highest BCUT2D eigenvalue weighted by Crippen LogP contribution is 2.41. The molecule has 3 heterocycles. The molecule has 7 heteroatoms. The van der Waals surface area contributed by atoms with Crippen molar-refractivity contribution in [3.8, 4) is 0 Å². The van der Waals surface area contributed by atoms with Crippen LogP contribution >= 0.6 is 0 Å². The van der Waals surface area contributed by atoms with Crippen molar-refractivity contribution in [3.63, 3.8) is 0 Å². The molecule has 0 aliphatic carbocycles. The van der Waals surface area contributed by atoms with Crippen LogP contribution in [0.5, 0.6) is 0 Å². The zero-order valence-corrected chi connectivity index (χ0v) is 15.9. The zero-order valence-electron chi connectivity index (χ0n) is 15.9. The van der Waals surface area contributed by atoms with E-state index in [4.69, 9.17) is 9.47 Å². The van der Waals surface area contributed by atoms with Crippen molar-refractivity contribution in [2.24, 2.45) is 0 Å². The molecule has 0 radical (unpaired) electrons. The number of amides is 1. The van der Waals surface area contributed by atoms with Crippen LogP contribution in [-0.2, 0) is 20.8 Å². The second kappa shape index (κ2) is 7.83. The first-order valence-electron chi connectivity index (χ1n) is 9.76. The summed E-state index contributed by atoms with van der Waals surface area (Å²) >= 11 is 0. The fourth-order valence-corrected chi connectivity index (χ4v) is 4.84. The Bertz CT molecular complexity index is 663. The summed E-state index contributed by atoms with van der Waals surface area (Å²) < 4.78 is 24.0. The van der Waals surface area contributed by atoms with Crippen molar-refractivity contribution in [2.75, 3.05) is 53.1 Å². The SMILES string of the molecule is COCCN1C(=O)[C@H]2CN(Cc3ccc(F)cc3)CCN2C12CCOCC2. The second-order valence-corrected chi connectivity index (χ2v) is 7.65. The minimum atomic E-state index is -0.222. The Labute approximate surface area is 159 Å². The molecule has 1 spiro atoms. The first kappa shape index (κ1) is 18.8. The summed E-state index contributed by atoms with van der Waals surface area (Å²) in [7, 11) is 1.68. The van der Waals surface area contributed by atoms with E-state index in [-0.39, 0.29) is 23.4 Å². The monoisotopic (exact) mass is 377 g/mol. The number of methoxy groups -OCH3 is 1. The molecule has 3 aliphatic heterocycles. The van der Waals surface area contributed by atoms with Gasteiger partial charge in [-0.05, 0) is 17.7 Å². The molecule has 148 valence electrons. The number of carbonyl (C=O) groups excluding carboxylic acids is 1. The Morgan fingerprint density at radius 3 is 2.67 bits per heavy atom. The standard InChI is InChI=1S/C20H28FN3O3/c1-26-13-10-24-19(25)18-15-22(14-16-2-4-17(21)5-3-16)8-9-23(18)20(24)6-11-27-12-7-20/h2-5,18H,6-15H2,1H3/t18-/m1/s1. The highest BCUT2D eigenvalue weighted by molar-refractivity contribution is 5.85. The first-order chi connectivity index (χ1) is 13.1. The predicted octanol–water partition coefficient (Wildman–Crippen LogP) is 1.31. The topological polar surface area (TPSA) is 45.2 Å². The summed E-state index contributed by atoms with van der Waals surface area (Å²) in [4.78, 5) is 20.0. The number of hydrogen-bond acceptors (Lipinski definition) is 5. The normalized spacial score (nSPS) is 25.9. The van der Waals surface area contributed by atoms with Gasteiger partial charge in [0.2, 0.25) is 5.91 Å². The average Bonchev–Trinajstić information content (AvgIpc) is 2.90. The van der Waals surface area contributed by atoms with Crippen LogP contribution in [0.2, 0.25) is 0 Å². The van der Waals surface area contributed by atoms with E-state index >= 15 is 0 Å². The van der Waals surface area contributed by atoms with Crippen molar-refractivity contribution >= 4 is 5.91 Å². The number of carbonyl (C=O) groups is 1. The van der Waals surface area contributed by atoms with Crippen LogP contribution in [0.25, 0.3) is 0 Å². The molecule has 3 aliphatic rings. The maximum absolute atomic E-state index is 13.3. The molecule has 6 nitrogen and oxygen atoms in total. The average molecular weight is 377 g/mol. The van der Waals surface area contributed by atoms with Gasteiger partial charge in [0.25, 0.3) is 0 Å². The Morgan fingerprint density at radius 2 is 1.96 bits per heavy atom. The van der Waals surface area contributed by atoms with E-state index in [2.05, 4.69) is 9.80 Å². The summed E-state index contributed by atoms with van der Waals surface area (Å²) in [5, 5.41) is 0. The number of halogens is 1.